The van der Waals surface area contributed by atoms with Gasteiger partial charge in [0.2, 0.25) is 0 Å². The molecule has 0 bridgehead atoms. The molecule has 1 aromatic heterocycles. The van der Waals surface area contributed by atoms with Crippen LogP contribution in [0.5, 0.6) is 0 Å². The fraction of sp³-hybridized carbons (Fsp3) is 0.500. The first-order valence-corrected chi connectivity index (χ1v) is 7.78. The number of para-hydroxylation sites is 2. The lowest BCUT2D eigenvalue weighted by molar-refractivity contribution is -0.200. The number of aryl methyl sites for hydroxylation is 1. The molecule has 0 spiro atoms. The van der Waals surface area contributed by atoms with E-state index in [1.807, 2.05) is 35.8 Å². The first-order valence-electron chi connectivity index (χ1n) is 7.78. The van der Waals surface area contributed by atoms with Crippen LogP contribution in [-0.2, 0) is 27.3 Å². The summed E-state index contributed by atoms with van der Waals surface area (Å²) in [6, 6.07) is 7.82. The lowest BCUT2D eigenvalue weighted by Crippen LogP contribution is -2.35. The van der Waals surface area contributed by atoms with E-state index in [0.717, 1.165) is 42.5 Å². The van der Waals surface area contributed by atoms with E-state index in [0.29, 0.717) is 6.61 Å². The molecule has 1 saturated heterocycles. The largest absolute Gasteiger partial charge is 0.350 e. The molecule has 1 amide bonds. The first-order chi connectivity index (χ1) is 10.8. The maximum atomic E-state index is 12.1. The van der Waals surface area contributed by atoms with Gasteiger partial charge in [-0.15, -0.1) is 0 Å². The Kier molecular flexibility index (Phi) is 4.70. The molecule has 1 atom stereocenters. The van der Waals surface area contributed by atoms with Crippen LogP contribution in [0.4, 0.5) is 0 Å². The van der Waals surface area contributed by atoms with E-state index in [1.54, 1.807) is 0 Å². The predicted octanol–water partition coefficient (Wildman–Crippen LogP) is 2.17. The molecule has 6 heteroatoms. The normalized spacial score (nSPS) is 18.5. The van der Waals surface area contributed by atoms with Gasteiger partial charge in [-0.2, -0.15) is 0 Å². The highest BCUT2D eigenvalue weighted by Gasteiger charge is 2.17. The highest BCUT2D eigenvalue weighted by atomic mass is 16.8. The topological polar surface area (TPSA) is 65.4 Å². The molecule has 2 aromatic rings. The third-order valence-corrected chi connectivity index (χ3v) is 3.79. The zero-order valence-electron chi connectivity index (χ0n) is 12.7. The smallest absolute Gasteiger partial charge is 0.263 e. The molecule has 6 nitrogen and oxygen atoms in total. The number of nitrogens with one attached hydrogen (secondary N) is 1. The second kappa shape index (κ2) is 6.89. The Bertz CT molecular complexity index is 647. The summed E-state index contributed by atoms with van der Waals surface area (Å²) < 4.78 is 7.35. The van der Waals surface area contributed by atoms with Crippen LogP contribution in [0.1, 0.15) is 32.0 Å². The lowest BCUT2D eigenvalue weighted by Gasteiger charge is -2.22. The van der Waals surface area contributed by atoms with Gasteiger partial charge < -0.3 is 9.30 Å². The Morgan fingerprint density at radius 2 is 2.32 bits per heavy atom. The maximum Gasteiger partial charge on any atom is 0.263 e. The summed E-state index contributed by atoms with van der Waals surface area (Å²) >= 11 is 0. The van der Waals surface area contributed by atoms with Crippen LogP contribution in [0, 0.1) is 0 Å². The number of hydroxylamine groups is 1. The number of rotatable bonds is 5. The van der Waals surface area contributed by atoms with Crippen LogP contribution in [0.3, 0.4) is 0 Å². The van der Waals surface area contributed by atoms with Crippen LogP contribution in [0.15, 0.2) is 24.3 Å². The van der Waals surface area contributed by atoms with E-state index in [-0.39, 0.29) is 18.7 Å². The Morgan fingerprint density at radius 1 is 1.45 bits per heavy atom. The second-order valence-electron chi connectivity index (χ2n) is 5.40. The molecule has 1 aliphatic rings. The van der Waals surface area contributed by atoms with Gasteiger partial charge in [-0.05, 0) is 25.0 Å². The molecule has 2 heterocycles. The number of ether oxygens (including phenoxy) is 1. The van der Waals surface area contributed by atoms with Crippen molar-refractivity contribution in [3.63, 3.8) is 0 Å². The monoisotopic (exact) mass is 303 g/mol. The number of imidazole rings is 1. The molecule has 0 unspecified atom stereocenters. The SMILES string of the molecule is CCc1nc2ccccc2n1CC(=O)NO[C@H]1CCCCO1. The Morgan fingerprint density at radius 3 is 3.09 bits per heavy atom. The van der Waals surface area contributed by atoms with Crippen molar-refractivity contribution in [2.24, 2.45) is 0 Å². The fourth-order valence-corrected chi connectivity index (χ4v) is 2.68. The van der Waals surface area contributed by atoms with E-state index >= 15 is 0 Å². The van der Waals surface area contributed by atoms with Gasteiger partial charge in [-0.3, -0.25) is 4.79 Å². The molecule has 22 heavy (non-hydrogen) atoms. The molecule has 1 aliphatic heterocycles. The zero-order chi connectivity index (χ0) is 15.4. The number of aromatic nitrogens is 2. The number of amides is 1. The van der Waals surface area contributed by atoms with E-state index in [1.165, 1.54) is 0 Å². The minimum absolute atomic E-state index is 0.191. The van der Waals surface area contributed by atoms with Crippen molar-refractivity contribution in [2.75, 3.05) is 6.61 Å². The van der Waals surface area contributed by atoms with Crippen LogP contribution >= 0.6 is 0 Å². The van der Waals surface area contributed by atoms with Gasteiger partial charge in [-0.1, -0.05) is 19.1 Å². The summed E-state index contributed by atoms with van der Waals surface area (Å²) in [6.45, 7) is 2.91. The number of fused-ring (bicyclic) bond motifs is 1. The van der Waals surface area contributed by atoms with Gasteiger partial charge in [0.05, 0.1) is 11.0 Å². The van der Waals surface area contributed by atoms with Crippen molar-refractivity contribution < 1.29 is 14.4 Å². The van der Waals surface area contributed by atoms with Crippen LogP contribution in [0.2, 0.25) is 0 Å². The van der Waals surface area contributed by atoms with E-state index < -0.39 is 0 Å². The van der Waals surface area contributed by atoms with Gasteiger partial charge >= 0.3 is 0 Å². The third kappa shape index (κ3) is 3.28. The van der Waals surface area contributed by atoms with Crippen molar-refractivity contribution in [1.82, 2.24) is 15.0 Å². The number of carbonyl (C=O) groups excluding carboxylic acids is 1. The van der Waals surface area contributed by atoms with Crippen LogP contribution in [-0.4, -0.2) is 28.4 Å². The fourth-order valence-electron chi connectivity index (χ4n) is 2.68. The van der Waals surface area contributed by atoms with E-state index in [2.05, 4.69) is 10.5 Å². The molecule has 1 aromatic carbocycles. The van der Waals surface area contributed by atoms with Crippen molar-refractivity contribution in [1.29, 1.82) is 0 Å². The molecular weight excluding hydrogens is 282 g/mol. The first kappa shape index (κ1) is 15.0. The molecular formula is C16H21N3O3. The Hall–Kier alpha value is -1.92. The number of hydrogen-bond acceptors (Lipinski definition) is 4. The summed E-state index contributed by atoms with van der Waals surface area (Å²) in [5.74, 6) is 0.692. The van der Waals surface area contributed by atoms with E-state index in [4.69, 9.17) is 9.57 Å². The minimum Gasteiger partial charge on any atom is -0.350 e. The number of carbonyl (C=O) groups is 1. The zero-order valence-corrected chi connectivity index (χ0v) is 12.7. The predicted molar refractivity (Wildman–Crippen MR) is 81.9 cm³/mol. The molecule has 118 valence electrons. The molecule has 1 fully saturated rings. The van der Waals surface area contributed by atoms with Crippen LogP contribution < -0.4 is 5.48 Å². The Balaban J connectivity index is 1.65. The maximum absolute atomic E-state index is 12.1. The summed E-state index contributed by atoms with van der Waals surface area (Å²) in [4.78, 5) is 22.0. The van der Waals surface area contributed by atoms with Gasteiger partial charge in [0.15, 0.2) is 6.29 Å². The molecule has 0 aliphatic carbocycles. The summed E-state index contributed by atoms with van der Waals surface area (Å²) in [7, 11) is 0. The minimum atomic E-state index is -0.331. The van der Waals surface area contributed by atoms with Crippen molar-refractivity contribution >= 4 is 16.9 Å². The highest BCUT2D eigenvalue weighted by molar-refractivity contribution is 5.80. The quantitative estimate of drug-likeness (QED) is 0.860. The van der Waals surface area contributed by atoms with Crippen molar-refractivity contribution in [3.05, 3.63) is 30.1 Å². The lowest BCUT2D eigenvalue weighted by atomic mass is 10.2. The van der Waals surface area contributed by atoms with Gasteiger partial charge in [0.1, 0.15) is 12.4 Å². The average Bonchev–Trinajstić information content (AvgIpc) is 2.92. The average molecular weight is 303 g/mol. The second-order valence-corrected chi connectivity index (χ2v) is 5.40. The van der Waals surface area contributed by atoms with Gasteiger partial charge in [0.25, 0.3) is 5.91 Å². The number of hydrogen-bond donors (Lipinski definition) is 1. The number of benzene rings is 1. The summed E-state index contributed by atoms with van der Waals surface area (Å²) in [5, 5.41) is 0. The molecule has 0 radical (unpaired) electrons. The highest BCUT2D eigenvalue weighted by Crippen LogP contribution is 2.16. The Labute approximate surface area is 129 Å². The van der Waals surface area contributed by atoms with E-state index in [9.17, 15) is 4.79 Å². The van der Waals surface area contributed by atoms with Crippen molar-refractivity contribution in [2.45, 2.75) is 45.4 Å². The standard InChI is InChI=1S/C16H21N3O3/c1-2-14-17-12-7-3-4-8-13(12)19(14)11-15(20)18-22-16-9-5-6-10-21-16/h3-4,7-8,16H,2,5-6,9-11H2,1H3,(H,18,20)/t16-/m0/s1. The van der Waals surface area contributed by atoms with Gasteiger partial charge in [0, 0.05) is 19.4 Å². The molecule has 0 saturated carbocycles. The summed E-state index contributed by atoms with van der Waals surface area (Å²) in [6.07, 6.45) is 3.37. The molecule has 1 N–H and O–H groups in total. The van der Waals surface area contributed by atoms with Crippen LogP contribution in [0.25, 0.3) is 11.0 Å². The van der Waals surface area contributed by atoms with Gasteiger partial charge in [-0.25, -0.2) is 15.3 Å². The van der Waals surface area contributed by atoms with Crippen molar-refractivity contribution in [3.8, 4) is 0 Å². The molecule has 3 rings (SSSR count). The number of nitrogens with zero attached hydrogens (tertiary/aromatic N) is 2. The summed E-state index contributed by atoms with van der Waals surface area (Å²) in [5.41, 5.74) is 4.36. The third-order valence-electron chi connectivity index (χ3n) is 3.79.